The molecule has 0 aliphatic carbocycles. The summed E-state index contributed by atoms with van der Waals surface area (Å²) in [7, 11) is 1.50. The first-order chi connectivity index (χ1) is 18.1. The summed E-state index contributed by atoms with van der Waals surface area (Å²) in [6.07, 6.45) is 0.300. The van der Waals surface area contributed by atoms with E-state index in [1.807, 2.05) is 80.6 Å². The van der Waals surface area contributed by atoms with E-state index in [1.54, 1.807) is 12.1 Å². The van der Waals surface area contributed by atoms with Crippen LogP contribution in [0.25, 0.3) is 32.6 Å². The van der Waals surface area contributed by atoms with Gasteiger partial charge in [0.2, 0.25) is 5.78 Å². The molecule has 0 aliphatic heterocycles. The van der Waals surface area contributed by atoms with Crippen molar-refractivity contribution in [3.63, 3.8) is 0 Å². The van der Waals surface area contributed by atoms with Crippen LogP contribution < -0.4 is 10.5 Å². The van der Waals surface area contributed by atoms with E-state index in [0.717, 1.165) is 27.4 Å². The summed E-state index contributed by atoms with van der Waals surface area (Å²) in [4.78, 5) is 35.3. The fourth-order valence-electron chi connectivity index (χ4n) is 4.40. The third-order valence-corrected chi connectivity index (χ3v) is 5.75. The Hall–Kier alpha value is -4.49. The zero-order chi connectivity index (χ0) is 26.9. The number of ketones is 1. The average molecular weight is 499 g/mol. The predicted molar refractivity (Wildman–Crippen MR) is 147 cm³/mol. The van der Waals surface area contributed by atoms with Crippen LogP contribution in [0.3, 0.4) is 0 Å². The smallest absolute Gasteiger partial charge is 0.341 e. The molecule has 0 saturated heterocycles. The van der Waals surface area contributed by atoms with Gasteiger partial charge in [-0.3, -0.25) is 9.59 Å². The van der Waals surface area contributed by atoms with Crippen LogP contribution in [0.4, 0.5) is 0 Å². The van der Waals surface area contributed by atoms with E-state index in [1.165, 1.54) is 7.05 Å². The van der Waals surface area contributed by atoms with Crippen molar-refractivity contribution < 1.29 is 24.2 Å². The average Bonchev–Trinajstić information content (AvgIpc) is 3.26. The minimum atomic E-state index is -1.10. The first-order valence-electron chi connectivity index (χ1n) is 12.0. The largest absolute Gasteiger partial charge is 0.481 e. The van der Waals surface area contributed by atoms with Crippen molar-refractivity contribution >= 4 is 50.6 Å². The summed E-state index contributed by atoms with van der Waals surface area (Å²) in [6.45, 7) is 3.99. The number of benzene rings is 4. The number of carbonyl (C=O) groups is 3. The number of carboxylic acids is 1. The van der Waals surface area contributed by atoms with Gasteiger partial charge < -0.3 is 20.1 Å². The van der Waals surface area contributed by atoms with Crippen molar-refractivity contribution in [1.29, 1.82) is 0 Å². The molecule has 0 unspecified atom stereocenters. The lowest BCUT2D eigenvalue weighted by Gasteiger charge is -2.12. The van der Waals surface area contributed by atoms with Gasteiger partial charge in [0.15, 0.2) is 12.9 Å². The van der Waals surface area contributed by atoms with Gasteiger partial charge in [-0.15, -0.1) is 0 Å². The van der Waals surface area contributed by atoms with Crippen LogP contribution in [0.5, 0.6) is 5.75 Å². The van der Waals surface area contributed by atoms with Crippen LogP contribution in [-0.2, 0) is 16.1 Å². The molecule has 0 spiro atoms. The van der Waals surface area contributed by atoms with Crippen LogP contribution in [0.1, 0.15) is 29.8 Å². The number of Topliss-reactive ketones (excluding diaryl/α,β-unsaturated/α-hetero) is 1. The number of nitrogens with two attached hydrogens (primary N) is 1. The first kappa shape index (κ1) is 27.1. The number of hydrogen-bond acceptors (Lipinski definition) is 5. The number of carboxylic acid groups (broad SMARTS) is 1. The predicted octanol–water partition coefficient (Wildman–Crippen LogP) is 5.44. The zero-order valence-electron chi connectivity index (χ0n) is 21.1. The summed E-state index contributed by atoms with van der Waals surface area (Å²) >= 11 is 0. The van der Waals surface area contributed by atoms with Gasteiger partial charge in [0, 0.05) is 22.9 Å². The first-order valence-corrected chi connectivity index (χ1v) is 12.0. The Morgan fingerprint density at radius 2 is 1.57 bits per heavy atom. The number of aromatic nitrogens is 1. The maximum Gasteiger partial charge on any atom is 0.341 e. The van der Waals surface area contributed by atoms with Crippen LogP contribution >= 0.6 is 0 Å². The lowest BCUT2D eigenvalue weighted by Crippen LogP contribution is -2.10. The molecular formula is C30H30N2O5. The van der Waals surface area contributed by atoms with Gasteiger partial charge in [-0.2, -0.15) is 0 Å². The van der Waals surface area contributed by atoms with Gasteiger partial charge in [-0.25, -0.2) is 4.79 Å². The summed E-state index contributed by atoms with van der Waals surface area (Å²) in [6, 6.07) is 24.7. The van der Waals surface area contributed by atoms with E-state index in [4.69, 9.17) is 4.74 Å². The second kappa shape index (κ2) is 12.5. The van der Waals surface area contributed by atoms with Gasteiger partial charge in [0.05, 0.1) is 16.4 Å². The van der Waals surface area contributed by atoms with Gasteiger partial charge in [0.25, 0.3) is 0 Å². The number of hydrogen-bond donors (Lipinski definition) is 2. The van der Waals surface area contributed by atoms with Gasteiger partial charge >= 0.3 is 5.97 Å². The molecule has 1 heterocycles. The number of nitrogens with zero attached hydrogens (tertiary/aromatic N) is 1. The summed E-state index contributed by atoms with van der Waals surface area (Å²) in [5, 5.41) is 12.1. The van der Waals surface area contributed by atoms with Crippen LogP contribution in [0.15, 0.2) is 78.9 Å². The lowest BCUT2D eigenvalue weighted by atomic mass is 10.00. The standard InChI is InChI=1S/C27H19NO5.C2H6.CH5N/c29-15-23(30)20-11-6-12-21-25(20)26-22(28(21)14-17-7-2-1-3-8-17)13-18-9-4-5-10-19(18)27(26)33-16-24(31)32;2*1-2/h1-13,15H,14,16H2,(H,31,32);1-2H3;2H2,1H3. The van der Waals surface area contributed by atoms with Crippen molar-refractivity contribution in [3.8, 4) is 5.75 Å². The lowest BCUT2D eigenvalue weighted by molar-refractivity contribution is -0.139. The summed E-state index contributed by atoms with van der Waals surface area (Å²) in [5.41, 5.74) is 7.37. The second-order valence-corrected chi connectivity index (χ2v) is 7.76. The normalized spacial score (nSPS) is 10.3. The molecule has 7 nitrogen and oxygen atoms in total. The van der Waals surface area contributed by atoms with E-state index >= 15 is 0 Å². The Kier molecular flexibility index (Phi) is 9.13. The topological polar surface area (TPSA) is 112 Å². The fourth-order valence-corrected chi connectivity index (χ4v) is 4.40. The maximum absolute atomic E-state index is 12.6. The van der Waals surface area contributed by atoms with Crippen molar-refractivity contribution in [2.75, 3.05) is 13.7 Å². The van der Waals surface area contributed by atoms with E-state index in [2.05, 4.69) is 10.3 Å². The highest BCUT2D eigenvalue weighted by atomic mass is 16.5. The molecule has 0 aliphatic rings. The van der Waals surface area contributed by atoms with Crippen molar-refractivity contribution in [1.82, 2.24) is 4.57 Å². The number of rotatable bonds is 7. The molecule has 3 N–H and O–H groups in total. The molecule has 0 radical (unpaired) electrons. The monoisotopic (exact) mass is 498 g/mol. The number of aliphatic carboxylic acids is 1. The van der Waals surface area contributed by atoms with Gasteiger partial charge in [0.1, 0.15) is 5.75 Å². The molecule has 0 bridgehead atoms. The highest BCUT2D eigenvalue weighted by Gasteiger charge is 2.23. The van der Waals surface area contributed by atoms with Crippen LogP contribution in [-0.4, -0.2) is 41.4 Å². The zero-order valence-corrected chi connectivity index (χ0v) is 21.1. The van der Waals surface area contributed by atoms with E-state index in [-0.39, 0.29) is 5.56 Å². The molecule has 5 rings (SSSR count). The minimum absolute atomic E-state index is 0.259. The Labute approximate surface area is 215 Å². The van der Waals surface area contributed by atoms with Gasteiger partial charge in [-0.05, 0) is 30.1 Å². The highest BCUT2D eigenvalue weighted by Crippen LogP contribution is 2.42. The maximum atomic E-state index is 12.6. The molecule has 7 heteroatoms. The SMILES string of the molecule is CC.CN.O=CC(=O)c1cccc2c1c1c(OCC(=O)O)c3ccccc3cc1n2Cc1ccccc1. The molecule has 4 aromatic carbocycles. The third-order valence-electron chi connectivity index (χ3n) is 5.75. The molecule has 190 valence electrons. The van der Waals surface area contributed by atoms with Crippen LogP contribution in [0, 0.1) is 0 Å². The summed E-state index contributed by atoms with van der Waals surface area (Å²) in [5.74, 6) is -1.36. The molecule has 1 aromatic heterocycles. The van der Waals surface area contributed by atoms with Gasteiger partial charge in [-0.1, -0.05) is 80.6 Å². The molecule has 0 amide bonds. The Balaban J connectivity index is 0.000000907. The molecule has 5 aromatic rings. The number of fused-ring (bicyclic) bond motifs is 4. The van der Waals surface area contributed by atoms with Crippen molar-refractivity contribution in [2.45, 2.75) is 20.4 Å². The van der Waals surface area contributed by atoms with Crippen LogP contribution in [0.2, 0.25) is 0 Å². The quantitative estimate of drug-likeness (QED) is 0.176. The third kappa shape index (κ3) is 5.37. The van der Waals surface area contributed by atoms with E-state index in [9.17, 15) is 19.5 Å². The molecule has 0 fully saturated rings. The summed E-state index contributed by atoms with van der Waals surface area (Å²) < 4.78 is 7.89. The molecule has 0 atom stereocenters. The van der Waals surface area contributed by atoms with Crippen molar-refractivity contribution in [2.24, 2.45) is 5.73 Å². The molecule has 37 heavy (non-hydrogen) atoms. The van der Waals surface area contributed by atoms with Crippen molar-refractivity contribution in [3.05, 3.63) is 90.0 Å². The Bertz CT molecular complexity index is 1550. The second-order valence-electron chi connectivity index (χ2n) is 7.76. The van der Waals surface area contributed by atoms with E-state index < -0.39 is 18.4 Å². The number of ether oxygens (including phenoxy) is 1. The fraction of sp³-hybridized carbons (Fsp3) is 0.167. The minimum Gasteiger partial charge on any atom is -0.481 e. The van der Waals surface area contributed by atoms with E-state index in [0.29, 0.717) is 29.4 Å². The number of aldehydes is 1. The number of carbonyl (C=O) groups excluding carboxylic acids is 2. The highest BCUT2D eigenvalue weighted by molar-refractivity contribution is 6.38. The molecule has 0 saturated carbocycles. The molecular weight excluding hydrogens is 468 g/mol. The Morgan fingerprint density at radius 1 is 0.892 bits per heavy atom. The Morgan fingerprint density at radius 3 is 2.24 bits per heavy atom.